The summed E-state index contributed by atoms with van der Waals surface area (Å²) in [5.74, 6) is 0. The SMILES string of the molecule is CC(S)c1ccccc1-c1ccccc1C=O. The number of thiol groups is 1. The summed E-state index contributed by atoms with van der Waals surface area (Å²) in [6.07, 6.45) is 0.898. The molecule has 0 radical (unpaired) electrons. The van der Waals surface area contributed by atoms with E-state index in [1.54, 1.807) is 0 Å². The Bertz CT molecular complexity index is 532. The summed E-state index contributed by atoms with van der Waals surface area (Å²) in [5, 5.41) is 0.144. The van der Waals surface area contributed by atoms with Crippen molar-refractivity contribution >= 4 is 18.9 Å². The van der Waals surface area contributed by atoms with E-state index in [1.807, 2.05) is 49.4 Å². The third kappa shape index (κ3) is 2.42. The summed E-state index contributed by atoms with van der Waals surface area (Å²) in [6.45, 7) is 2.03. The number of hydrogen-bond acceptors (Lipinski definition) is 2. The maximum atomic E-state index is 11.1. The maximum absolute atomic E-state index is 11.1. The summed E-state index contributed by atoms with van der Waals surface area (Å²) in [7, 11) is 0. The lowest BCUT2D eigenvalue weighted by Crippen LogP contribution is -1.93. The lowest BCUT2D eigenvalue weighted by atomic mass is 9.94. The van der Waals surface area contributed by atoms with Gasteiger partial charge in [0.1, 0.15) is 0 Å². The number of carbonyl (C=O) groups is 1. The molecule has 17 heavy (non-hydrogen) atoms. The predicted molar refractivity (Wildman–Crippen MR) is 74.7 cm³/mol. The van der Waals surface area contributed by atoms with E-state index in [4.69, 9.17) is 0 Å². The van der Waals surface area contributed by atoms with Crippen molar-refractivity contribution in [2.75, 3.05) is 0 Å². The van der Waals surface area contributed by atoms with E-state index >= 15 is 0 Å². The van der Waals surface area contributed by atoms with E-state index in [2.05, 4.69) is 18.7 Å². The van der Waals surface area contributed by atoms with Crippen LogP contribution in [0.4, 0.5) is 0 Å². The highest BCUT2D eigenvalue weighted by atomic mass is 32.1. The molecule has 0 aliphatic heterocycles. The number of hydrogen-bond donors (Lipinski definition) is 1. The highest BCUT2D eigenvalue weighted by Gasteiger charge is 2.10. The first-order valence-corrected chi connectivity index (χ1v) is 6.07. The van der Waals surface area contributed by atoms with E-state index < -0.39 is 0 Å². The zero-order valence-corrected chi connectivity index (χ0v) is 10.5. The Labute approximate surface area is 107 Å². The standard InChI is InChI=1S/C15H14OS/c1-11(17)13-7-4-5-9-15(13)14-8-3-2-6-12(14)10-16/h2-11,17H,1H3. The van der Waals surface area contributed by atoms with Gasteiger partial charge in [-0.2, -0.15) is 12.6 Å². The molecule has 0 N–H and O–H groups in total. The first-order chi connectivity index (χ1) is 8.24. The van der Waals surface area contributed by atoms with Crippen LogP contribution in [-0.2, 0) is 0 Å². The summed E-state index contributed by atoms with van der Waals surface area (Å²) < 4.78 is 0. The minimum Gasteiger partial charge on any atom is -0.298 e. The normalized spacial score (nSPS) is 12.1. The van der Waals surface area contributed by atoms with Crippen LogP contribution in [0.3, 0.4) is 0 Å². The van der Waals surface area contributed by atoms with Crippen LogP contribution in [0.15, 0.2) is 48.5 Å². The smallest absolute Gasteiger partial charge is 0.150 e. The van der Waals surface area contributed by atoms with Gasteiger partial charge in [0.15, 0.2) is 6.29 Å². The van der Waals surface area contributed by atoms with E-state index in [1.165, 1.54) is 0 Å². The summed E-state index contributed by atoms with van der Waals surface area (Å²) in [4.78, 5) is 11.1. The Morgan fingerprint density at radius 3 is 2.24 bits per heavy atom. The highest BCUT2D eigenvalue weighted by molar-refractivity contribution is 7.80. The number of aldehydes is 1. The number of carbonyl (C=O) groups excluding carboxylic acids is 1. The van der Waals surface area contributed by atoms with Gasteiger partial charge in [0.05, 0.1) is 0 Å². The van der Waals surface area contributed by atoms with Crippen molar-refractivity contribution in [1.82, 2.24) is 0 Å². The quantitative estimate of drug-likeness (QED) is 0.632. The second-order valence-electron chi connectivity index (χ2n) is 3.97. The first kappa shape index (κ1) is 11.9. The molecule has 0 aromatic heterocycles. The van der Waals surface area contributed by atoms with Crippen molar-refractivity contribution in [3.63, 3.8) is 0 Å². The molecule has 2 rings (SSSR count). The van der Waals surface area contributed by atoms with E-state index in [-0.39, 0.29) is 5.25 Å². The molecule has 2 heteroatoms. The van der Waals surface area contributed by atoms with Gasteiger partial charge in [-0.3, -0.25) is 4.79 Å². The molecule has 0 amide bonds. The number of benzene rings is 2. The fourth-order valence-corrected chi connectivity index (χ4v) is 2.18. The summed E-state index contributed by atoms with van der Waals surface area (Å²) in [5.41, 5.74) is 3.91. The van der Waals surface area contributed by atoms with Crippen LogP contribution in [-0.4, -0.2) is 6.29 Å². The fourth-order valence-electron chi connectivity index (χ4n) is 1.95. The van der Waals surface area contributed by atoms with Gasteiger partial charge in [0, 0.05) is 10.8 Å². The van der Waals surface area contributed by atoms with Crippen LogP contribution in [0.5, 0.6) is 0 Å². The third-order valence-corrected chi connectivity index (χ3v) is 3.07. The summed E-state index contributed by atoms with van der Waals surface area (Å²) in [6, 6.07) is 15.7. The Morgan fingerprint density at radius 1 is 1.00 bits per heavy atom. The Morgan fingerprint density at radius 2 is 1.59 bits per heavy atom. The molecule has 0 bridgehead atoms. The van der Waals surface area contributed by atoms with Gasteiger partial charge in [-0.15, -0.1) is 0 Å². The molecule has 0 spiro atoms. The lowest BCUT2D eigenvalue weighted by Gasteiger charge is -2.13. The van der Waals surface area contributed by atoms with Crippen LogP contribution >= 0.6 is 12.6 Å². The Hall–Kier alpha value is -1.54. The minimum absolute atomic E-state index is 0.144. The molecule has 1 atom stereocenters. The molecule has 2 aromatic carbocycles. The first-order valence-electron chi connectivity index (χ1n) is 5.55. The Balaban J connectivity index is 2.64. The lowest BCUT2D eigenvalue weighted by molar-refractivity contribution is 0.112. The molecule has 1 nitrogen and oxygen atoms in total. The predicted octanol–water partition coefficient (Wildman–Crippen LogP) is 4.16. The maximum Gasteiger partial charge on any atom is 0.150 e. The topological polar surface area (TPSA) is 17.1 Å². The van der Waals surface area contributed by atoms with Gasteiger partial charge in [0.2, 0.25) is 0 Å². The molecule has 0 saturated carbocycles. The second-order valence-corrected chi connectivity index (χ2v) is 4.74. The highest BCUT2D eigenvalue weighted by Crippen LogP contribution is 2.32. The van der Waals surface area contributed by atoms with Crippen molar-refractivity contribution < 1.29 is 4.79 Å². The molecular weight excluding hydrogens is 228 g/mol. The monoisotopic (exact) mass is 242 g/mol. The molecule has 86 valence electrons. The van der Waals surface area contributed by atoms with Crippen LogP contribution in [0, 0.1) is 0 Å². The van der Waals surface area contributed by atoms with E-state index in [0.29, 0.717) is 5.56 Å². The molecular formula is C15H14OS. The molecule has 0 aliphatic carbocycles. The second kappa shape index (κ2) is 5.19. The van der Waals surface area contributed by atoms with Gasteiger partial charge in [0.25, 0.3) is 0 Å². The van der Waals surface area contributed by atoms with Gasteiger partial charge in [-0.05, 0) is 23.6 Å². The van der Waals surface area contributed by atoms with Crippen LogP contribution in [0.25, 0.3) is 11.1 Å². The molecule has 0 aliphatic rings. The fraction of sp³-hybridized carbons (Fsp3) is 0.133. The van der Waals surface area contributed by atoms with Crippen molar-refractivity contribution in [3.05, 3.63) is 59.7 Å². The summed E-state index contributed by atoms with van der Waals surface area (Å²) >= 11 is 4.48. The van der Waals surface area contributed by atoms with Crippen LogP contribution in [0.2, 0.25) is 0 Å². The zero-order chi connectivity index (χ0) is 12.3. The molecule has 0 saturated heterocycles. The van der Waals surface area contributed by atoms with Gasteiger partial charge >= 0.3 is 0 Å². The van der Waals surface area contributed by atoms with Crippen LogP contribution in [0.1, 0.15) is 28.1 Å². The molecule has 0 heterocycles. The third-order valence-electron chi connectivity index (χ3n) is 2.79. The van der Waals surface area contributed by atoms with Crippen molar-refractivity contribution in [2.24, 2.45) is 0 Å². The van der Waals surface area contributed by atoms with E-state index in [9.17, 15) is 4.79 Å². The van der Waals surface area contributed by atoms with Crippen molar-refractivity contribution in [1.29, 1.82) is 0 Å². The largest absolute Gasteiger partial charge is 0.298 e. The molecule has 2 aromatic rings. The van der Waals surface area contributed by atoms with Crippen LogP contribution < -0.4 is 0 Å². The Kier molecular flexibility index (Phi) is 3.64. The number of rotatable bonds is 3. The van der Waals surface area contributed by atoms with Gasteiger partial charge in [-0.1, -0.05) is 48.5 Å². The molecule has 0 fully saturated rings. The van der Waals surface area contributed by atoms with Gasteiger partial charge < -0.3 is 0 Å². The van der Waals surface area contributed by atoms with E-state index in [0.717, 1.165) is 23.0 Å². The van der Waals surface area contributed by atoms with Gasteiger partial charge in [-0.25, -0.2) is 0 Å². The molecule has 1 unspecified atom stereocenters. The average Bonchev–Trinajstić information content (AvgIpc) is 2.38. The van der Waals surface area contributed by atoms with Crippen molar-refractivity contribution in [2.45, 2.75) is 12.2 Å². The zero-order valence-electron chi connectivity index (χ0n) is 9.63. The minimum atomic E-state index is 0.144. The van der Waals surface area contributed by atoms with Crippen molar-refractivity contribution in [3.8, 4) is 11.1 Å². The average molecular weight is 242 g/mol.